The number of alkyl halides is 3. The molecule has 11 heteroatoms. The molecule has 0 aromatic heterocycles. The smallest absolute Gasteiger partial charge is 0.455 e. The normalized spacial score (nSPS) is 11.7. The molecule has 0 aliphatic heterocycles. The van der Waals surface area contributed by atoms with Crippen LogP contribution in [0.25, 0.3) is 10.8 Å². The topological polar surface area (TPSA) is 43.4 Å². The standard InChI is InChI=1S/C14H4F8O3/c1-25-12-5-4(10(18)8(16)3(2-23)7(5)15)9(17)6(11(12)19)13(24)14(20,21)22/h2H,1H3. The molecule has 134 valence electrons. The van der Waals surface area contributed by atoms with Gasteiger partial charge >= 0.3 is 6.18 Å². The second-order valence-corrected chi connectivity index (χ2v) is 4.59. The van der Waals surface area contributed by atoms with Crippen LogP contribution in [-0.2, 0) is 0 Å². The van der Waals surface area contributed by atoms with E-state index < -0.39 is 75.0 Å². The number of halogens is 8. The van der Waals surface area contributed by atoms with Gasteiger partial charge in [0.05, 0.1) is 23.4 Å². The Labute approximate surface area is 132 Å². The number of methoxy groups -OCH3 is 1. The minimum absolute atomic E-state index is 0.503. The number of aldehydes is 1. The molecule has 0 fully saturated rings. The van der Waals surface area contributed by atoms with Gasteiger partial charge in [0.15, 0.2) is 29.5 Å². The molecular formula is C14H4F8O3. The Bertz CT molecular complexity index is 917. The Morgan fingerprint density at radius 1 is 0.880 bits per heavy atom. The fraction of sp³-hybridized carbons (Fsp3) is 0.143. The second kappa shape index (κ2) is 5.97. The average Bonchev–Trinajstić information content (AvgIpc) is 2.52. The molecule has 0 heterocycles. The summed E-state index contributed by atoms with van der Waals surface area (Å²) < 4.78 is 112. The first-order valence-electron chi connectivity index (χ1n) is 6.10. The van der Waals surface area contributed by atoms with Crippen molar-refractivity contribution in [1.29, 1.82) is 0 Å². The van der Waals surface area contributed by atoms with E-state index in [0.29, 0.717) is 7.11 Å². The van der Waals surface area contributed by atoms with Crippen molar-refractivity contribution in [2.45, 2.75) is 6.18 Å². The third-order valence-electron chi connectivity index (χ3n) is 3.25. The van der Waals surface area contributed by atoms with E-state index in [9.17, 15) is 44.7 Å². The number of rotatable bonds is 3. The Morgan fingerprint density at radius 2 is 1.44 bits per heavy atom. The van der Waals surface area contributed by atoms with Crippen LogP contribution in [0, 0.1) is 29.1 Å². The van der Waals surface area contributed by atoms with Crippen molar-refractivity contribution >= 4 is 22.8 Å². The first-order valence-corrected chi connectivity index (χ1v) is 6.10. The highest BCUT2D eigenvalue weighted by Crippen LogP contribution is 2.41. The van der Waals surface area contributed by atoms with Crippen LogP contribution in [0.5, 0.6) is 5.75 Å². The number of carbonyl (C=O) groups is 2. The van der Waals surface area contributed by atoms with Crippen molar-refractivity contribution in [3.8, 4) is 5.75 Å². The number of Topliss-reactive ketones (excluding diaryl/α,β-unsaturated/α-hetero) is 1. The van der Waals surface area contributed by atoms with Gasteiger partial charge < -0.3 is 4.74 Å². The number of hydrogen-bond acceptors (Lipinski definition) is 3. The molecule has 0 bridgehead atoms. The van der Waals surface area contributed by atoms with Crippen molar-refractivity contribution in [3.63, 3.8) is 0 Å². The first kappa shape index (κ1) is 18.6. The van der Waals surface area contributed by atoms with E-state index in [1.165, 1.54) is 0 Å². The molecule has 0 aliphatic rings. The lowest BCUT2D eigenvalue weighted by Crippen LogP contribution is -2.26. The van der Waals surface area contributed by atoms with Crippen LogP contribution < -0.4 is 4.74 Å². The number of benzene rings is 2. The molecule has 0 aliphatic carbocycles. The Hall–Kier alpha value is -2.72. The van der Waals surface area contributed by atoms with Crippen LogP contribution in [0.4, 0.5) is 35.1 Å². The van der Waals surface area contributed by atoms with Gasteiger partial charge in [-0.15, -0.1) is 0 Å². The number of hydrogen-bond donors (Lipinski definition) is 0. The summed E-state index contributed by atoms with van der Waals surface area (Å²) in [6.07, 6.45) is -6.27. The molecular weight excluding hydrogens is 368 g/mol. The third kappa shape index (κ3) is 2.59. The predicted molar refractivity (Wildman–Crippen MR) is 66.1 cm³/mol. The minimum atomic E-state index is -5.77. The van der Waals surface area contributed by atoms with Gasteiger partial charge in [0, 0.05) is 0 Å². The number of fused-ring (bicyclic) bond motifs is 1. The van der Waals surface area contributed by atoms with Gasteiger partial charge in [0.25, 0.3) is 5.78 Å². The first-order chi connectivity index (χ1) is 11.5. The van der Waals surface area contributed by atoms with Crippen LogP contribution in [0.1, 0.15) is 20.7 Å². The van der Waals surface area contributed by atoms with Gasteiger partial charge in [-0.2, -0.15) is 13.2 Å². The third-order valence-corrected chi connectivity index (χ3v) is 3.25. The highest BCUT2D eigenvalue weighted by Gasteiger charge is 2.45. The van der Waals surface area contributed by atoms with Gasteiger partial charge in [-0.25, -0.2) is 22.0 Å². The minimum Gasteiger partial charge on any atom is -0.493 e. The quantitative estimate of drug-likeness (QED) is 0.353. The van der Waals surface area contributed by atoms with Crippen LogP contribution in [-0.4, -0.2) is 25.4 Å². The molecule has 0 amide bonds. The van der Waals surface area contributed by atoms with Crippen LogP contribution >= 0.6 is 0 Å². The van der Waals surface area contributed by atoms with Crippen molar-refractivity contribution in [3.05, 3.63) is 40.2 Å². The van der Waals surface area contributed by atoms with E-state index in [1.807, 2.05) is 0 Å². The molecule has 0 N–H and O–H groups in total. The molecule has 2 aromatic carbocycles. The van der Waals surface area contributed by atoms with Gasteiger partial charge in [0.2, 0.25) is 0 Å². The number of ketones is 1. The van der Waals surface area contributed by atoms with E-state index in [0.717, 1.165) is 0 Å². The fourth-order valence-corrected chi connectivity index (χ4v) is 2.18. The number of carbonyl (C=O) groups excluding carboxylic acids is 2. The summed E-state index contributed by atoms with van der Waals surface area (Å²) >= 11 is 0. The summed E-state index contributed by atoms with van der Waals surface area (Å²) in [6, 6.07) is 0. The average molecular weight is 372 g/mol. The molecule has 0 atom stereocenters. The maximum atomic E-state index is 14.2. The number of ether oxygens (including phenoxy) is 1. The lowest BCUT2D eigenvalue weighted by atomic mass is 9.97. The Balaban J connectivity index is 3.17. The zero-order chi connectivity index (χ0) is 19.3. The molecule has 0 spiro atoms. The van der Waals surface area contributed by atoms with Gasteiger partial charge in [-0.3, -0.25) is 9.59 Å². The highest BCUT2D eigenvalue weighted by atomic mass is 19.4. The Kier molecular flexibility index (Phi) is 4.45. The van der Waals surface area contributed by atoms with E-state index in [1.54, 1.807) is 0 Å². The molecule has 0 radical (unpaired) electrons. The van der Waals surface area contributed by atoms with Crippen LogP contribution in [0.3, 0.4) is 0 Å². The van der Waals surface area contributed by atoms with E-state index in [2.05, 4.69) is 4.74 Å². The molecule has 2 aromatic rings. The van der Waals surface area contributed by atoms with Gasteiger partial charge in [-0.1, -0.05) is 0 Å². The maximum absolute atomic E-state index is 14.2. The molecule has 0 unspecified atom stereocenters. The van der Waals surface area contributed by atoms with Gasteiger partial charge in [-0.05, 0) is 0 Å². The summed E-state index contributed by atoms with van der Waals surface area (Å²) in [6.45, 7) is 0. The van der Waals surface area contributed by atoms with E-state index >= 15 is 0 Å². The molecule has 2 rings (SSSR count). The summed E-state index contributed by atoms with van der Waals surface area (Å²) in [4.78, 5) is 21.8. The van der Waals surface area contributed by atoms with Crippen molar-refractivity contribution in [2.75, 3.05) is 7.11 Å². The monoisotopic (exact) mass is 372 g/mol. The lowest BCUT2D eigenvalue weighted by molar-refractivity contribution is -0.0890. The second-order valence-electron chi connectivity index (χ2n) is 4.59. The molecule has 25 heavy (non-hydrogen) atoms. The fourth-order valence-electron chi connectivity index (χ4n) is 2.18. The summed E-state index contributed by atoms with van der Waals surface area (Å²) in [7, 11) is 0.596. The summed E-state index contributed by atoms with van der Waals surface area (Å²) in [5, 5.41) is -3.26. The van der Waals surface area contributed by atoms with Crippen molar-refractivity contribution in [2.24, 2.45) is 0 Å². The van der Waals surface area contributed by atoms with Crippen LogP contribution in [0.15, 0.2) is 0 Å². The van der Waals surface area contributed by atoms with Gasteiger partial charge in [0.1, 0.15) is 17.2 Å². The largest absolute Gasteiger partial charge is 0.493 e. The zero-order valence-corrected chi connectivity index (χ0v) is 11.8. The SMILES string of the molecule is COc1c(F)c(C(=O)C(F)(F)F)c(F)c2c(F)c(F)c(C=O)c(F)c12. The zero-order valence-electron chi connectivity index (χ0n) is 11.8. The lowest BCUT2D eigenvalue weighted by Gasteiger charge is -2.16. The van der Waals surface area contributed by atoms with Crippen LogP contribution in [0.2, 0.25) is 0 Å². The van der Waals surface area contributed by atoms with E-state index in [-0.39, 0.29) is 0 Å². The molecule has 0 saturated heterocycles. The van der Waals surface area contributed by atoms with E-state index in [4.69, 9.17) is 0 Å². The highest BCUT2D eigenvalue weighted by molar-refractivity contribution is 6.06. The predicted octanol–water partition coefficient (Wildman–Crippen LogP) is 4.10. The van der Waals surface area contributed by atoms with Crippen molar-refractivity contribution < 1.29 is 49.4 Å². The summed E-state index contributed by atoms with van der Waals surface area (Å²) in [5.41, 5.74) is -3.86. The van der Waals surface area contributed by atoms with Crippen molar-refractivity contribution in [1.82, 2.24) is 0 Å². The molecule has 0 saturated carbocycles. The summed E-state index contributed by atoms with van der Waals surface area (Å²) in [5.74, 6) is -15.8. The maximum Gasteiger partial charge on any atom is 0.455 e. The molecule has 3 nitrogen and oxygen atoms in total. The Morgan fingerprint density at radius 3 is 1.88 bits per heavy atom.